The lowest BCUT2D eigenvalue weighted by atomic mass is 10.1. The zero-order chi connectivity index (χ0) is 10.2. The van der Waals surface area contributed by atoms with Crippen LogP contribution in [0.2, 0.25) is 0 Å². The fourth-order valence-corrected chi connectivity index (χ4v) is 1.13. The summed E-state index contributed by atoms with van der Waals surface area (Å²) in [6.45, 7) is 3.40. The molecule has 0 aliphatic heterocycles. The van der Waals surface area contributed by atoms with Crippen LogP contribution in [0.4, 0.5) is 0 Å². The molecule has 2 rings (SSSR count). The standard InChI is InChI=1S/C10H8.C3H6S/c1-2-6-10-8-4-3-7-9(10)5-1;1-2-3-4/h1-8H;2,4H,1,3H2. The van der Waals surface area contributed by atoms with Gasteiger partial charge in [0.1, 0.15) is 0 Å². The first-order chi connectivity index (χ1) is 6.88. The highest BCUT2D eigenvalue weighted by atomic mass is 32.1. The van der Waals surface area contributed by atoms with Crippen molar-refractivity contribution in [3.63, 3.8) is 0 Å². The summed E-state index contributed by atoms with van der Waals surface area (Å²) in [6, 6.07) is 16.7. The van der Waals surface area contributed by atoms with Crippen molar-refractivity contribution in [3.05, 3.63) is 61.2 Å². The van der Waals surface area contributed by atoms with Gasteiger partial charge in [-0.25, -0.2) is 0 Å². The lowest BCUT2D eigenvalue weighted by molar-refractivity contribution is 1.75. The summed E-state index contributed by atoms with van der Waals surface area (Å²) in [6.07, 6.45) is 1.74. The number of thiol groups is 1. The van der Waals surface area contributed by atoms with E-state index in [2.05, 4.69) is 67.7 Å². The number of fused-ring (bicyclic) bond motifs is 1. The first kappa shape index (κ1) is 10.9. The molecule has 14 heavy (non-hydrogen) atoms. The molecule has 0 amide bonds. The summed E-state index contributed by atoms with van der Waals surface area (Å²) >= 11 is 3.80. The Kier molecular flexibility index (Phi) is 4.87. The molecule has 0 unspecified atom stereocenters. The van der Waals surface area contributed by atoms with E-state index in [9.17, 15) is 0 Å². The first-order valence-electron chi connectivity index (χ1n) is 4.54. The van der Waals surface area contributed by atoms with Crippen LogP contribution in [0, 0.1) is 0 Å². The molecule has 0 fully saturated rings. The van der Waals surface area contributed by atoms with Gasteiger partial charge in [0.25, 0.3) is 0 Å². The summed E-state index contributed by atoms with van der Waals surface area (Å²) in [5, 5.41) is 2.62. The van der Waals surface area contributed by atoms with Gasteiger partial charge in [0.2, 0.25) is 0 Å². The van der Waals surface area contributed by atoms with Crippen molar-refractivity contribution in [2.45, 2.75) is 0 Å². The van der Waals surface area contributed by atoms with Crippen LogP contribution in [0.3, 0.4) is 0 Å². The van der Waals surface area contributed by atoms with Gasteiger partial charge in [-0.3, -0.25) is 0 Å². The molecule has 0 nitrogen and oxygen atoms in total. The fourth-order valence-electron chi connectivity index (χ4n) is 1.13. The maximum atomic E-state index is 3.80. The van der Waals surface area contributed by atoms with Gasteiger partial charge in [0.15, 0.2) is 0 Å². The molecule has 0 saturated heterocycles. The van der Waals surface area contributed by atoms with Crippen LogP contribution >= 0.6 is 12.6 Å². The van der Waals surface area contributed by atoms with Crippen molar-refractivity contribution in [2.24, 2.45) is 0 Å². The molecular weight excluding hydrogens is 188 g/mol. The first-order valence-corrected chi connectivity index (χ1v) is 5.17. The Balaban J connectivity index is 0.000000213. The van der Waals surface area contributed by atoms with Gasteiger partial charge in [-0.05, 0) is 10.8 Å². The number of benzene rings is 2. The zero-order valence-corrected chi connectivity index (χ0v) is 8.95. The number of hydrogen-bond donors (Lipinski definition) is 1. The molecule has 2 aromatic carbocycles. The topological polar surface area (TPSA) is 0 Å². The Morgan fingerprint density at radius 3 is 1.43 bits per heavy atom. The van der Waals surface area contributed by atoms with Crippen LogP contribution in [0.15, 0.2) is 61.2 Å². The smallest absolute Gasteiger partial charge is 0.00799 e. The molecule has 0 radical (unpaired) electrons. The van der Waals surface area contributed by atoms with E-state index in [1.807, 2.05) is 0 Å². The Morgan fingerprint density at radius 1 is 0.929 bits per heavy atom. The van der Waals surface area contributed by atoms with Crippen molar-refractivity contribution in [1.82, 2.24) is 0 Å². The van der Waals surface area contributed by atoms with E-state index >= 15 is 0 Å². The highest BCUT2D eigenvalue weighted by Crippen LogP contribution is 2.11. The van der Waals surface area contributed by atoms with Crippen molar-refractivity contribution in [2.75, 3.05) is 5.75 Å². The average molecular weight is 202 g/mol. The van der Waals surface area contributed by atoms with Crippen LogP contribution in [-0.2, 0) is 0 Å². The molecule has 0 heterocycles. The third-order valence-corrected chi connectivity index (χ3v) is 2.05. The second kappa shape index (κ2) is 6.28. The van der Waals surface area contributed by atoms with Gasteiger partial charge in [0, 0.05) is 5.75 Å². The number of hydrogen-bond acceptors (Lipinski definition) is 1. The van der Waals surface area contributed by atoms with Gasteiger partial charge in [-0.2, -0.15) is 12.6 Å². The molecule has 1 heteroatoms. The number of rotatable bonds is 1. The van der Waals surface area contributed by atoms with E-state index in [1.54, 1.807) is 6.08 Å². The maximum absolute atomic E-state index is 3.80. The second-order valence-electron chi connectivity index (χ2n) is 2.82. The van der Waals surface area contributed by atoms with E-state index in [4.69, 9.17) is 0 Å². The predicted molar refractivity (Wildman–Crippen MR) is 68.0 cm³/mol. The lowest BCUT2D eigenvalue weighted by Gasteiger charge is -1.92. The third-order valence-electron chi connectivity index (χ3n) is 1.79. The van der Waals surface area contributed by atoms with E-state index in [0.29, 0.717) is 0 Å². The molecule has 0 saturated carbocycles. The molecule has 0 spiro atoms. The second-order valence-corrected chi connectivity index (χ2v) is 3.18. The maximum Gasteiger partial charge on any atom is 0.00799 e. The van der Waals surface area contributed by atoms with Gasteiger partial charge in [-0.1, -0.05) is 54.6 Å². The van der Waals surface area contributed by atoms with Gasteiger partial charge < -0.3 is 0 Å². The quantitative estimate of drug-likeness (QED) is 0.525. The summed E-state index contributed by atoms with van der Waals surface area (Å²) < 4.78 is 0. The molecule has 72 valence electrons. The zero-order valence-electron chi connectivity index (χ0n) is 8.06. The van der Waals surface area contributed by atoms with Gasteiger partial charge in [-0.15, -0.1) is 6.58 Å². The minimum absolute atomic E-state index is 0.778. The summed E-state index contributed by atoms with van der Waals surface area (Å²) in [5.41, 5.74) is 0. The van der Waals surface area contributed by atoms with Crippen molar-refractivity contribution >= 4 is 23.4 Å². The molecule has 0 atom stereocenters. The van der Waals surface area contributed by atoms with Crippen LogP contribution in [0.1, 0.15) is 0 Å². The Morgan fingerprint density at radius 2 is 1.21 bits per heavy atom. The van der Waals surface area contributed by atoms with Crippen LogP contribution < -0.4 is 0 Å². The molecular formula is C13H14S. The Bertz CT molecular complexity index is 328. The van der Waals surface area contributed by atoms with Crippen molar-refractivity contribution in [1.29, 1.82) is 0 Å². The van der Waals surface area contributed by atoms with Gasteiger partial charge >= 0.3 is 0 Å². The van der Waals surface area contributed by atoms with E-state index in [0.717, 1.165) is 5.75 Å². The van der Waals surface area contributed by atoms with Gasteiger partial charge in [0.05, 0.1) is 0 Å². The fraction of sp³-hybridized carbons (Fsp3) is 0.0769. The minimum Gasteiger partial charge on any atom is -0.175 e. The predicted octanol–water partition coefficient (Wildman–Crippen LogP) is 3.94. The Hall–Kier alpha value is -1.21. The molecule has 0 aromatic heterocycles. The van der Waals surface area contributed by atoms with Crippen molar-refractivity contribution < 1.29 is 0 Å². The van der Waals surface area contributed by atoms with Crippen LogP contribution in [-0.4, -0.2) is 5.75 Å². The molecule has 0 bridgehead atoms. The Labute approximate surface area is 90.7 Å². The SMILES string of the molecule is C=CCS.c1ccc2ccccc2c1. The monoisotopic (exact) mass is 202 g/mol. The molecule has 0 N–H and O–H groups in total. The highest BCUT2D eigenvalue weighted by molar-refractivity contribution is 7.80. The van der Waals surface area contributed by atoms with E-state index in [-0.39, 0.29) is 0 Å². The van der Waals surface area contributed by atoms with Crippen molar-refractivity contribution in [3.8, 4) is 0 Å². The summed E-state index contributed by atoms with van der Waals surface area (Å²) in [5.74, 6) is 0.778. The van der Waals surface area contributed by atoms with E-state index < -0.39 is 0 Å². The van der Waals surface area contributed by atoms with Crippen LogP contribution in [0.25, 0.3) is 10.8 Å². The molecule has 0 aliphatic carbocycles. The largest absolute Gasteiger partial charge is 0.175 e. The average Bonchev–Trinajstić information content (AvgIpc) is 2.30. The van der Waals surface area contributed by atoms with E-state index in [1.165, 1.54) is 10.8 Å². The normalized spacial score (nSPS) is 8.93. The van der Waals surface area contributed by atoms with Crippen LogP contribution in [0.5, 0.6) is 0 Å². The lowest BCUT2D eigenvalue weighted by Crippen LogP contribution is -1.67. The molecule has 2 aromatic rings. The highest BCUT2D eigenvalue weighted by Gasteiger charge is 1.85. The summed E-state index contributed by atoms with van der Waals surface area (Å²) in [4.78, 5) is 0. The summed E-state index contributed by atoms with van der Waals surface area (Å²) in [7, 11) is 0. The third kappa shape index (κ3) is 3.27. The minimum atomic E-state index is 0.778. The molecule has 0 aliphatic rings.